The number of benzene rings is 2. The number of nitrogens with one attached hydrogen (secondary N) is 1. The number of hydrogen-bond acceptors (Lipinski definition) is 2. The number of rotatable bonds is 2. The van der Waals surface area contributed by atoms with Gasteiger partial charge in [0.25, 0.3) is 5.91 Å². The standard InChI is InChI=1S/C17H16ClNO2/c18-15-9-8-12(20)10-14(15)17(21)19-16-7-3-5-11-4-1-2-6-13(11)16/h1-2,4,6,8-10,16,20H,3,5,7H2,(H,19,21). The largest absolute Gasteiger partial charge is 0.508 e. The third-order valence-corrected chi connectivity index (χ3v) is 4.20. The van der Waals surface area contributed by atoms with Crippen molar-refractivity contribution in [1.82, 2.24) is 5.32 Å². The molecule has 0 bridgehead atoms. The van der Waals surface area contributed by atoms with Gasteiger partial charge in [0.05, 0.1) is 16.6 Å². The molecule has 3 rings (SSSR count). The van der Waals surface area contributed by atoms with Gasteiger partial charge in [0.1, 0.15) is 5.75 Å². The molecule has 3 nitrogen and oxygen atoms in total. The minimum absolute atomic E-state index is 0.000802. The van der Waals surface area contributed by atoms with Crippen LogP contribution < -0.4 is 5.32 Å². The summed E-state index contributed by atoms with van der Waals surface area (Å²) in [6.07, 6.45) is 3.02. The lowest BCUT2D eigenvalue weighted by molar-refractivity contribution is 0.0932. The summed E-state index contributed by atoms with van der Waals surface area (Å²) in [5.41, 5.74) is 2.77. The molecule has 108 valence electrons. The quantitative estimate of drug-likeness (QED) is 0.885. The maximum absolute atomic E-state index is 12.4. The van der Waals surface area contributed by atoms with Crippen molar-refractivity contribution in [2.75, 3.05) is 0 Å². The Morgan fingerprint density at radius 2 is 2.05 bits per heavy atom. The maximum atomic E-state index is 12.4. The van der Waals surface area contributed by atoms with E-state index in [1.807, 2.05) is 12.1 Å². The Hall–Kier alpha value is -2.00. The highest BCUT2D eigenvalue weighted by Crippen LogP contribution is 2.30. The zero-order valence-corrected chi connectivity index (χ0v) is 12.2. The van der Waals surface area contributed by atoms with Gasteiger partial charge in [-0.3, -0.25) is 4.79 Å². The molecule has 2 N–H and O–H groups in total. The van der Waals surface area contributed by atoms with Crippen molar-refractivity contribution in [1.29, 1.82) is 0 Å². The molecule has 0 saturated heterocycles. The highest BCUT2D eigenvalue weighted by Gasteiger charge is 2.22. The van der Waals surface area contributed by atoms with E-state index in [1.165, 1.54) is 29.3 Å². The average molecular weight is 302 g/mol. The van der Waals surface area contributed by atoms with Crippen LogP contribution in [0.3, 0.4) is 0 Å². The van der Waals surface area contributed by atoms with Gasteiger partial charge >= 0.3 is 0 Å². The Morgan fingerprint density at radius 1 is 1.24 bits per heavy atom. The van der Waals surface area contributed by atoms with Crippen LogP contribution in [0.15, 0.2) is 42.5 Å². The number of halogens is 1. The van der Waals surface area contributed by atoms with Crippen molar-refractivity contribution >= 4 is 17.5 Å². The first-order valence-electron chi connectivity index (χ1n) is 7.02. The van der Waals surface area contributed by atoms with Gasteiger partial charge in [-0.1, -0.05) is 35.9 Å². The molecule has 0 heterocycles. The van der Waals surface area contributed by atoms with Gasteiger partial charge in [0.2, 0.25) is 0 Å². The lowest BCUT2D eigenvalue weighted by Crippen LogP contribution is -2.31. The highest BCUT2D eigenvalue weighted by atomic mass is 35.5. The van der Waals surface area contributed by atoms with Crippen LogP contribution in [0, 0.1) is 0 Å². The fraction of sp³-hybridized carbons (Fsp3) is 0.235. The van der Waals surface area contributed by atoms with Crippen molar-refractivity contribution in [3.63, 3.8) is 0 Å². The Bertz CT molecular complexity index is 684. The Kier molecular flexibility index (Phi) is 3.84. The van der Waals surface area contributed by atoms with Crippen LogP contribution in [0.2, 0.25) is 5.02 Å². The smallest absolute Gasteiger partial charge is 0.253 e. The molecule has 0 radical (unpaired) electrons. The van der Waals surface area contributed by atoms with E-state index in [1.54, 1.807) is 0 Å². The van der Waals surface area contributed by atoms with Crippen LogP contribution >= 0.6 is 11.6 Å². The summed E-state index contributed by atoms with van der Waals surface area (Å²) < 4.78 is 0. The Labute approximate surface area is 128 Å². The van der Waals surface area contributed by atoms with E-state index in [-0.39, 0.29) is 17.7 Å². The number of hydrogen-bond donors (Lipinski definition) is 2. The van der Waals surface area contributed by atoms with Crippen molar-refractivity contribution in [2.24, 2.45) is 0 Å². The molecule has 0 saturated carbocycles. The number of amides is 1. The Morgan fingerprint density at radius 3 is 2.90 bits per heavy atom. The van der Waals surface area contributed by atoms with E-state index in [2.05, 4.69) is 17.4 Å². The molecule has 2 aromatic rings. The van der Waals surface area contributed by atoms with E-state index < -0.39 is 0 Å². The third-order valence-electron chi connectivity index (χ3n) is 3.87. The van der Waals surface area contributed by atoms with Crippen LogP contribution in [-0.2, 0) is 6.42 Å². The SMILES string of the molecule is O=C(NC1CCCc2ccccc21)c1cc(O)ccc1Cl. The summed E-state index contributed by atoms with van der Waals surface area (Å²) >= 11 is 6.04. The molecule has 21 heavy (non-hydrogen) atoms. The molecule has 0 fully saturated rings. The molecule has 0 spiro atoms. The lowest BCUT2D eigenvalue weighted by atomic mass is 9.87. The van der Waals surface area contributed by atoms with Crippen LogP contribution in [0.4, 0.5) is 0 Å². The van der Waals surface area contributed by atoms with E-state index in [0.717, 1.165) is 19.3 Å². The average Bonchev–Trinajstić information content (AvgIpc) is 2.50. The summed E-state index contributed by atoms with van der Waals surface area (Å²) in [7, 11) is 0. The summed E-state index contributed by atoms with van der Waals surface area (Å²) in [6, 6.07) is 12.6. The molecule has 1 aliphatic carbocycles. The predicted octanol–water partition coefficient (Wildman–Crippen LogP) is 3.85. The summed E-state index contributed by atoms with van der Waals surface area (Å²) in [4.78, 5) is 12.4. The number of phenols is 1. The number of aryl methyl sites for hydroxylation is 1. The number of phenolic OH excluding ortho intramolecular Hbond substituents is 1. The molecule has 4 heteroatoms. The Balaban J connectivity index is 1.84. The molecule has 0 aliphatic heterocycles. The number of aromatic hydroxyl groups is 1. The monoisotopic (exact) mass is 301 g/mol. The summed E-state index contributed by atoms with van der Waals surface area (Å²) in [5.74, 6) is -0.216. The van der Waals surface area contributed by atoms with E-state index >= 15 is 0 Å². The molecule has 0 aromatic heterocycles. The lowest BCUT2D eigenvalue weighted by Gasteiger charge is -2.26. The molecular weight excluding hydrogens is 286 g/mol. The molecule has 1 atom stereocenters. The van der Waals surface area contributed by atoms with Crippen molar-refractivity contribution < 1.29 is 9.90 Å². The normalized spacial score (nSPS) is 17.1. The molecule has 2 aromatic carbocycles. The zero-order chi connectivity index (χ0) is 14.8. The van der Waals surface area contributed by atoms with Crippen LogP contribution in [0.25, 0.3) is 0 Å². The van der Waals surface area contributed by atoms with Crippen LogP contribution in [0.1, 0.15) is 40.4 Å². The summed E-state index contributed by atoms with van der Waals surface area (Å²) in [6.45, 7) is 0. The molecule has 1 aliphatic rings. The minimum atomic E-state index is -0.252. The second kappa shape index (κ2) is 5.78. The minimum Gasteiger partial charge on any atom is -0.508 e. The highest BCUT2D eigenvalue weighted by molar-refractivity contribution is 6.33. The van der Waals surface area contributed by atoms with Gasteiger partial charge in [0.15, 0.2) is 0 Å². The first kappa shape index (κ1) is 14.0. The van der Waals surface area contributed by atoms with Gasteiger partial charge < -0.3 is 10.4 Å². The third kappa shape index (κ3) is 2.88. The molecule has 1 unspecified atom stereocenters. The van der Waals surface area contributed by atoms with Gasteiger partial charge in [0, 0.05) is 0 Å². The van der Waals surface area contributed by atoms with Gasteiger partial charge in [-0.2, -0.15) is 0 Å². The van der Waals surface area contributed by atoms with Gasteiger partial charge in [-0.05, 0) is 48.6 Å². The van der Waals surface area contributed by atoms with E-state index in [9.17, 15) is 9.90 Å². The second-order valence-electron chi connectivity index (χ2n) is 5.28. The van der Waals surface area contributed by atoms with E-state index in [4.69, 9.17) is 11.6 Å². The second-order valence-corrected chi connectivity index (χ2v) is 5.69. The predicted molar refractivity (Wildman–Crippen MR) is 82.7 cm³/mol. The van der Waals surface area contributed by atoms with E-state index in [0.29, 0.717) is 10.6 Å². The fourth-order valence-corrected chi connectivity index (χ4v) is 3.03. The van der Waals surface area contributed by atoms with Crippen molar-refractivity contribution in [3.8, 4) is 5.75 Å². The van der Waals surface area contributed by atoms with Crippen molar-refractivity contribution in [2.45, 2.75) is 25.3 Å². The van der Waals surface area contributed by atoms with Crippen LogP contribution in [-0.4, -0.2) is 11.0 Å². The molecular formula is C17H16ClNO2. The fourth-order valence-electron chi connectivity index (χ4n) is 2.83. The zero-order valence-electron chi connectivity index (χ0n) is 11.5. The maximum Gasteiger partial charge on any atom is 0.253 e. The topological polar surface area (TPSA) is 49.3 Å². The summed E-state index contributed by atoms with van der Waals surface area (Å²) in [5, 5.41) is 12.9. The first-order chi connectivity index (χ1) is 10.1. The molecule has 1 amide bonds. The number of carbonyl (C=O) groups is 1. The van der Waals surface area contributed by atoms with Crippen LogP contribution in [0.5, 0.6) is 5.75 Å². The number of carbonyl (C=O) groups excluding carboxylic acids is 1. The van der Waals surface area contributed by atoms with Crippen molar-refractivity contribution in [3.05, 3.63) is 64.2 Å². The first-order valence-corrected chi connectivity index (χ1v) is 7.40. The van der Waals surface area contributed by atoms with Gasteiger partial charge in [-0.15, -0.1) is 0 Å². The number of fused-ring (bicyclic) bond motifs is 1. The van der Waals surface area contributed by atoms with Gasteiger partial charge in [-0.25, -0.2) is 0 Å².